The maximum atomic E-state index is 13.2. The van der Waals surface area contributed by atoms with E-state index in [0.29, 0.717) is 32.7 Å². The zero-order valence-electron chi connectivity index (χ0n) is 20.8. The van der Waals surface area contributed by atoms with Gasteiger partial charge in [-0.25, -0.2) is 4.98 Å². The van der Waals surface area contributed by atoms with E-state index in [0.717, 1.165) is 78.5 Å². The van der Waals surface area contributed by atoms with Crippen LogP contribution < -0.4 is 0 Å². The Bertz CT molecular complexity index is 1580. The fraction of sp³-hybridized carbons (Fsp3) is 0.414. The minimum atomic E-state index is -4.37. The van der Waals surface area contributed by atoms with E-state index in [9.17, 15) is 13.2 Å². The number of thiazole rings is 1. The van der Waals surface area contributed by atoms with Gasteiger partial charge in [-0.05, 0) is 75.0 Å². The lowest BCUT2D eigenvalue weighted by molar-refractivity contribution is -0.137. The topological polar surface area (TPSA) is 51.8 Å². The molecule has 2 bridgehead atoms. The standard InChI is InChI=1S/C29H24Cl2F3N3OS/c30-19-14-35-15-20(31)23(19)24-18(25(38-37-24)16-1-2-16)5-6-27-7-10-28(11-8-27,12-9-27)26-36-21-13-17(29(32,33)34)3-4-22(21)39-26/h3-6,13-16H,1-2,7-12H2. The number of alkyl halides is 3. The Morgan fingerprint density at radius 2 is 1.69 bits per heavy atom. The van der Waals surface area contributed by atoms with Crippen LogP contribution in [-0.4, -0.2) is 15.1 Å². The van der Waals surface area contributed by atoms with Crippen molar-refractivity contribution >= 4 is 50.8 Å². The molecular weight excluding hydrogens is 566 g/mol. The molecule has 0 radical (unpaired) electrons. The third-order valence-electron chi connectivity index (χ3n) is 8.87. The summed E-state index contributed by atoms with van der Waals surface area (Å²) in [6.07, 6.45) is 11.3. The van der Waals surface area contributed by atoms with Gasteiger partial charge >= 0.3 is 6.18 Å². The van der Waals surface area contributed by atoms with Crippen LogP contribution in [0.2, 0.25) is 10.0 Å². The van der Waals surface area contributed by atoms with Gasteiger partial charge in [0, 0.05) is 34.9 Å². The van der Waals surface area contributed by atoms with Gasteiger partial charge in [-0.3, -0.25) is 4.98 Å². The Labute approximate surface area is 237 Å². The SMILES string of the molecule is FC(F)(F)c1ccc2sc(C34CCC(C=Cc5c(-c6c(Cl)cncc6Cl)noc5C5CC5)(CC3)CC4)nc2c1. The van der Waals surface area contributed by atoms with Gasteiger partial charge in [-0.2, -0.15) is 13.2 Å². The van der Waals surface area contributed by atoms with E-state index in [4.69, 9.17) is 32.7 Å². The number of pyridine rings is 1. The molecule has 1 aromatic carbocycles. The number of nitrogens with zero attached hydrogens (tertiary/aromatic N) is 3. The van der Waals surface area contributed by atoms with Crippen LogP contribution in [0.25, 0.3) is 27.6 Å². The number of allylic oxidation sites excluding steroid dienone is 1. The molecule has 39 heavy (non-hydrogen) atoms. The molecule has 0 atom stereocenters. The largest absolute Gasteiger partial charge is 0.416 e. The van der Waals surface area contributed by atoms with Crippen LogP contribution in [0.4, 0.5) is 13.2 Å². The van der Waals surface area contributed by atoms with Gasteiger partial charge in [0.25, 0.3) is 0 Å². The molecular formula is C29H24Cl2F3N3OS. The summed E-state index contributed by atoms with van der Waals surface area (Å²) in [7, 11) is 0. The minimum absolute atomic E-state index is 0.0582. The third kappa shape index (κ3) is 4.39. The van der Waals surface area contributed by atoms with Crippen molar-refractivity contribution in [2.75, 3.05) is 0 Å². The van der Waals surface area contributed by atoms with Gasteiger partial charge in [0.15, 0.2) is 0 Å². The van der Waals surface area contributed by atoms with Crippen LogP contribution in [-0.2, 0) is 11.6 Å². The predicted molar refractivity (Wildman–Crippen MR) is 147 cm³/mol. The summed E-state index contributed by atoms with van der Waals surface area (Å²) in [6, 6.07) is 3.89. The van der Waals surface area contributed by atoms with Crippen LogP contribution >= 0.6 is 34.5 Å². The van der Waals surface area contributed by atoms with E-state index < -0.39 is 11.7 Å². The van der Waals surface area contributed by atoms with E-state index >= 15 is 0 Å². The summed E-state index contributed by atoms with van der Waals surface area (Å²) in [5, 5.41) is 6.23. The predicted octanol–water partition coefficient (Wildman–Crippen LogP) is 9.85. The lowest BCUT2D eigenvalue weighted by atomic mass is 9.54. The number of halogens is 5. The average molecular weight is 590 g/mol. The molecule has 0 saturated heterocycles. The van der Waals surface area contributed by atoms with E-state index in [1.165, 1.54) is 6.07 Å². The molecule has 0 aliphatic heterocycles. The summed E-state index contributed by atoms with van der Waals surface area (Å²) in [6.45, 7) is 0. The number of rotatable bonds is 5. The Hall–Kier alpha value is -2.42. The highest BCUT2D eigenvalue weighted by atomic mass is 35.5. The highest BCUT2D eigenvalue weighted by Gasteiger charge is 2.50. The highest BCUT2D eigenvalue weighted by Crippen LogP contribution is 2.59. The molecule has 202 valence electrons. The number of benzene rings is 1. The zero-order valence-corrected chi connectivity index (χ0v) is 23.2. The molecule has 10 heteroatoms. The Balaban J connectivity index is 1.16. The first kappa shape index (κ1) is 25.5. The fourth-order valence-corrected chi connectivity index (χ4v) is 8.07. The molecule has 4 saturated carbocycles. The van der Waals surface area contributed by atoms with Crippen LogP contribution in [0.5, 0.6) is 0 Å². The van der Waals surface area contributed by atoms with Crippen LogP contribution in [0.1, 0.15) is 79.2 Å². The second-order valence-electron chi connectivity index (χ2n) is 11.2. The Morgan fingerprint density at radius 3 is 2.33 bits per heavy atom. The van der Waals surface area contributed by atoms with Crippen molar-refractivity contribution in [3.8, 4) is 11.3 Å². The van der Waals surface area contributed by atoms with Crippen molar-refractivity contribution in [2.24, 2.45) is 5.41 Å². The lowest BCUT2D eigenvalue weighted by Crippen LogP contribution is -2.43. The normalized spacial score (nSPS) is 25.3. The molecule has 0 amide bonds. The smallest absolute Gasteiger partial charge is 0.360 e. The molecule has 4 aliphatic carbocycles. The van der Waals surface area contributed by atoms with Crippen molar-refractivity contribution in [1.82, 2.24) is 15.1 Å². The van der Waals surface area contributed by atoms with Gasteiger partial charge in [0.2, 0.25) is 0 Å². The van der Waals surface area contributed by atoms with Crippen molar-refractivity contribution < 1.29 is 17.7 Å². The molecule has 4 nitrogen and oxygen atoms in total. The van der Waals surface area contributed by atoms with Gasteiger partial charge in [-0.15, -0.1) is 11.3 Å². The van der Waals surface area contributed by atoms with Crippen LogP contribution in [0, 0.1) is 5.41 Å². The third-order valence-corrected chi connectivity index (χ3v) is 10.7. The van der Waals surface area contributed by atoms with Crippen LogP contribution in [0.15, 0.2) is 41.2 Å². The fourth-order valence-electron chi connectivity index (χ4n) is 6.30. The second kappa shape index (κ2) is 9.05. The summed E-state index contributed by atoms with van der Waals surface area (Å²) in [4.78, 5) is 8.81. The first-order chi connectivity index (χ1) is 18.7. The van der Waals surface area contributed by atoms with Crippen molar-refractivity contribution in [3.63, 3.8) is 0 Å². The summed E-state index contributed by atoms with van der Waals surface area (Å²) in [5.41, 5.74) is 2.03. The number of hydrogen-bond donors (Lipinski definition) is 0. The van der Waals surface area contributed by atoms with E-state index in [1.54, 1.807) is 29.8 Å². The van der Waals surface area contributed by atoms with E-state index in [1.807, 2.05) is 0 Å². The molecule has 8 rings (SSSR count). The molecule has 4 aliphatic rings. The molecule has 0 spiro atoms. The number of hydrogen-bond acceptors (Lipinski definition) is 5. The molecule has 3 heterocycles. The molecule has 4 fully saturated rings. The summed E-state index contributed by atoms with van der Waals surface area (Å²) >= 11 is 14.5. The second-order valence-corrected chi connectivity index (χ2v) is 13.1. The van der Waals surface area contributed by atoms with Gasteiger partial charge < -0.3 is 4.52 Å². The zero-order chi connectivity index (χ0) is 27.0. The Kier molecular flexibility index (Phi) is 5.92. The number of fused-ring (bicyclic) bond motifs is 4. The van der Waals surface area contributed by atoms with Crippen molar-refractivity contribution in [1.29, 1.82) is 0 Å². The summed E-state index contributed by atoms with van der Waals surface area (Å²) in [5.74, 6) is 1.25. The Morgan fingerprint density at radius 1 is 1.00 bits per heavy atom. The van der Waals surface area contributed by atoms with Gasteiger partial charge in [0.05, 0.1) is 30.8 Å². The molecule has 4 aromatic rings. The maximum absolute atomic E-state index is 13.2. The molecule has 0 N–H and O–H groups in total. The van der Waals surface area contributed by atoms with Crippen molar-refractivity contribution in [2.45, 2.75) is 68.9 Å². The minimum Gasteiger partial charge on any atom is -0.360 e. The molecule has 3 aromatic heterocycles. The average Bonchev–Trinajstić information content (AvgIpc) is 3.53. The maximum Gasteiger partial charge on any atom is 0.416 e. The monoisotopic (exact) mass is 589 g/mol. The number of aromatic nitrogens is 3. The van der Waals surface area contributed by atoms with Gasteiger partial charge in [0.1, 0.15) is 11.5 Å². The first-order valence-electron chi connectivity index (χ1n) is 13.1. The lowest BCUT2D eigenvalue weighted by Gasteiger charge is -2.51. The quantitative estimate of drug-likeness (QED) is 0.232. The van der Waals surface area contributed by atoms with E-state index in [-0.39, 0.29) is 10.8 Å². The molecule has 0 unspecified atom stereocenters. The van der Waals surface area contributed by atoms with Crippen LogP contribution in [0.3, 0.4) is 0 Å². The van der Waals surface area contributed by atoms with E-state index in [2.05, 4.69) is 22.3 Å². The van der Waals surface area contributed by atoms with Crippen molar-refractivity contribution in [3.05, 3.63) is 68.6 Å². The van der Waals surface area contributed by atoms with Gasteiger partial charge in [-0.1, -0.05) is 40.5 Å². The first-order valence-corrected chi connectivity index (χ1v) is 14.7. The highest BCUT2D eigenvalue weighted by molar-refractivity contribution is 7.18. The summed E-state index contributed by atoms with van der Waals surface area (Å²) < 4.78 is 46.3.